The molecule has 0 N–H and O–H groups in total. The summed E-state index contributed by atoms with van der Waals surface area (Å²) >= 11 is 0. The topological polar surface area (TPSA) is 21.3 Å². The number of fused-ring (bicyclic) bond motifs is 7. The molecule has 7 aromatic carbocycles. The van der Waals surface area contributed by atoms with Crippen molar-refractivity contribution in [1.29, 1.82) is 0 Å². The van der Waals surface area contributed by atoms with Crippen LogP contribution in [0.4, 0.5) is 17.1 Å². The van der Waals surface area contributed by atoms with Crippen LogP contribution in [-0.2, 0) is 0 Å². The van der Waals surface area contributed by atoms with Crippen LogP contribution in [0.3, 0.4) is 0 Å². The Balaban J connectivity index is 1.23. The molecular weight excluding hydrogens is 548 g/mol. The number of aromatic nitrogens is 1. The maximum Gasteiger partial charge on any atom is 0.145 e. The van der Waals surface area contributed by atoms with Gasteiger partial charge in [0.05, 0.1) is 16.4 Å². The van der Waals surface area contributed by atoms with Crippen molar-refractivity contribution in [3.63, 3.8) is 0 Å². The third-order valence-corrected chi connectivity index (χ3v) is 8.77. The van der Waals surface area contributed by atoms with Crippen LogP contribution < -0.4 is 4.90 Å². The van der Waals surface area contributed by atoms with E-state index in [1.165, 1.54) is 16.5 Å². The molecule has 0 aliphatic heterocycles. The molecule has 0 bridgehead atoms. The summed E-state index contributed by atoms with van der Waals surface area (Å²) in [5, 5.41) is 4.60. The first kappa shape index (κ1) is 25.4. The lowest BCUT2D eigenvalue weighted by molar-refractivity contribution is 0.673. The van der Waals surface area contributed by atoms with Gasteiger partial charge < -0.3 is 13.9 Å². The van der Waals surface area contributed by atoms with Gasteiger partial charge in [0.2, 0.25) is 0 Å². The Morgan fingerprint density at radius 2 is 1.00 bits per heavy atom. The molecule has 3 heteroatoms. The van der Waals surface area contributed by atoms with Crippen molar-refractivity contribution < 1.29 is 4.42 Å². The number of anilines is 3. The molecular formula is C42H28N2O. The van der Waals surface area contributed by atoms with Gasteiger partial charge in [0.25, 0.3) is 0 Å². The van der Waals surface area contributed by atoms with Crippen LogP contribution in [0.15, 0.2) is 174 Å². The summed E-state index contributed by atoms with van der Waals surface area (Å²) in [6.45, 7) is 0. The van der Waals surface area contributed by atoms with Crippen LogP contribution in [0.1, 0.15) is 0 Å². The van der Waals surface area contributed by atoms with Gasteiger partial charge in [-0.25, -0.2) is 0 Å². The largest absolute Gasteiger partial charge is 0.455 e. The predicted molar refractivity (Wildman–Crippen MR) is 188 cm³/mol. The second-order valence-corrected chi connectivity index (χ2v) is 11.4. The third-order valence-electron chi connectivity index (χ3n) is 8.77. The van der Waals surface area contributed by atoms with E-state index in [9.17, 15) is 0 Å². The molecule has 0 atom stereocenters. The van der Waals surface area contributed by atoms with E-state index < -0.39 is 0 Å². The quantitative estimate of drug-likeness (QED) is 0.203. The molecule has 0 fully saturated rings. The van der Waals surface area contributed by atoms with Crippen molar-refractivity contribution in [2.75, 3.05) is 4.90 Å². The SMILES string of the molecule is c1ccc(N(c2ccccc2)c2ccc(-c3ccc4c(c3)c3c5oc6ccccc6c5ccc3n4-c3ccccc3)cc2)cc1. The second-order valence-electron chi connectivity index (χ2n) is 11.4. The summed E-state index contributed by atoms with van der Waals surface area (Å²) in [4.78, 5) is 2.29. The summed E-state index contributed by atoms with van der Waals surface area (Å²) in [6, 6.07) is 60.1. The Bertz CT molecular complexity index is 2420. The molecule has 0 saturated heterocycles. The van der Waals surface area contributed by atoms with Crippen LogP contribution in [-0.4, -0.2) is 4.57 Å². The number of nitrogens with zero attached hydrogens (tertiary/aromatic N) is 2. The molecule has 9 rings (SSSR count). The molecule has 3 nitrogen and oxygen atoms in total. The first-order valence-electron chi connectivity index (χ1n) is 15.3. The number of furan rings is 1. The zero-order valence-corrected chi connectivity index (χ0v) is 24.5. The molecule has 45 heavy (non-hydrogen) atoms. The van der Waals surface area contributed by atoms with Crippen molar-refractivity contribution in [2.24, 2.45) is 0 Å². The molecule has 212 valence electrons. The molecule has 0 aliphatic rings. The third kappa shape index (κ3) is 4.13. The van der Waals surface area contributed by atoms with E-state index in [1.807, 2.05) is 6.07 Å². The average Bonchev–Trinajstić information content (AvgIpc) is 3.65. The van der Waals surface area contributed by atoms with Gasteiger partial charge in [-0.05, 0) is 90.0 Å². The zero-order chi connectivity index (χ0) is 29.7. The molecule has 0 spiro atoms. The second kappa shape index (κ2) is 10.3. The van der Waals surface area contributed by atoms with Gasteiger partial charge in [-0.3, -0.25) is 0 Å². The van der Waals surface area contributed by atoms with Crippen LogP contribution in [0, 0.1) is 0 Å². The minimum absolute atomic E-state index is 0.911. The fraction of sp³-hybridized carbons (Fsp3) is 0. The average molecular weight is 577 g/mol. The van der Waals surface area contributed by atoms with Gasteiger partial charge in [-0.1, -0.05) is 91.0 Å². The minimum atomic E-state index is 0.911. The predicted octanol–water partition coefficient (Wildman–Crippen LogP) is 11.8. The minimum Gasteiger partial charge on any atom is -0.455 e. The summed E-state index contributed by atoms with van der Waals surface area (Å²) in [6.07, 6.45) is 0. The van der Waals surface area contributed by atoms with E-state index in [0.717, 1.165) is 61.1 Å². The van der Waals surface area contributed by atoms with E-state index in [-0.39, 0.29) is 0 Å². The highest BCUT2D eigenvalue weighted by Crippen LogP contribution is 2.42. The van der Waals surface area contributed by atoms with Gasteiger partial charge in [0.15, 0.2) is 0 Å². The number of hydrogen-bond acceptors (Lipinski definition) is 2. The van der Waals surface area contributed by atoms with Crippen molar-refractivity contribution in [1.82, 2.24) is 4.57 Å². The van der Waals surface area contributed by atoms with Gasteiger partial charge in [-0.15, -0.1) is 0 Å². The Labute approximate surface area is 260 Å². The standard InChI is InChI=1S/C42H28N2O/c1-4-12-31(13-5-1)43(32-14-6-2-7-15-32)34-23-20-29(21-24-34)30-22-26-38-37(28-30)41-39(44(38)33-16-8-3-9-17-33)27-25-36-35-18-10-11-19-40(35)45-42(36)41/h1-28H. The van der Waals surface area contributed by atoms with Gasteiger partial charge in [0, 0.05) is 38.9 Å². The molecule has 9 aromatic rings. The summed E-state index contributed by atoms with van der Waals surface area (Å²) in [5.41, 5.74) is 11.0. The highest BCUT2D eigenvalue weighted by Gasteiger charge is 2.19. The maximum absolute atomic E-state index is 6.58. The fourth-order valence-electron chi connectivity index (χ4n) is 6.73. The Hall–Kier alpha value is -6.06. The van der Waals surface area contributed by atoms with Crippen LogP contribution >= 0.6 is 0 Å². The van der Waals surface area contributed by atoms with E-state index >= 15 is 0 Å². The summed E-state index contributed by atoms with van der Waals surface area (Å²) < 4.78 is 8.92. The Morgan fingerprint density at radius 1 is 0.422 bits per heavy atom. The molecule has 0 amide bonds. The first-order valence-corrected chi connectivity index (χ1v) is 15.3. The van der Waals surface area contributed by atoms with Gasteiger partial charge in [0.1, 0.15) is 11.2 Å². The van der Waals surface area contributed by atoms with E-state index in [1.54, 1.807) is 0 Å². The van der Waals surface area contributed by atoms with Crippen molar-refractivity contribution in [3.8, 4) is 16.8 Å². The first-order chi connectivity index (χ1) is 22.3. The van der Waals surface area contributed by atoms with Crippen LogP contribution in [0.25, 0.3) is 60.6 Å². The van der Waals surface area contributed by atoms with Crippen molar-refractivity contribution in [2.45, 2.75) is 0 Å². The molecule has 0 unspecified atom stereocenters. The Kier molecular flexibility index (Phi) is 5.82. The van der Waals surface area contributed by atoms with Crippen molar-refractivity contribution >= 4 is 60.8 Å². The molecule has 2 heterocycles. The lowest BCUT2D eigenvalue weighted by Gasteiger charge is -2.25. The number of rotatable bonds is 5. The monoisotopic (exact) mass is 576 g/mol. The maximum atomic E-state index is 6.58. The lowest BCUT2D eigenvalue weighted by Crippen LogP contribution is -2.09. The van der Waals surface area contributed by atoms with Crippen LogP contribution in [0.5, 0.6) is 0 Å². The van der Waals surface area contributed by atoms with Crippen LogP contribution in [0.2, 0.25) is 0 Å². The van der Waals surface area contributed by atoms with E-state index in [2.05, 4.69) is 173 Å². The van der Waals surface area contributed by atoms with Crippen molar-refractivity contribution in [3.05, 3.63) is 170 Å². The van der Waals surface area contributed by atoms with E-state index in [0.29, 0.717) is 0 Å². The normalized spacial score (nSPS) is 11.6. The number of benzene rings is 7. The zero-order valence-electron chi connectivity index (χ0n) is 24.5. The molecule has 0 radical (unpaired) electrons. The fourth-order valence-corrected chi connectivity index (χ4v) is 6.73. The van der Waals surface area contributed by atoms with E-state index in [4.69, 9.17) is 4.42 Å². The summed E-state index contributed by atoms with van der Waals surface area (Å²) in [7, 11) is 0. The number of hydrogen-bond donors (Lipinski definition) is 0. The highest BCUT2D eigenvalue weighted by atomic mass is 16.3. The Morgan fingerprint density at radius 3 is 1.71 bits per heavy atom. The number of para-hydroxylation sites is 4. The summed E-state index contributed by atoms with van der Waals surface area (Å²) in [5.74, 6) is 0. The highest BCUT2D eigenvalue weighted by molar-refractivity contribution is 6.24. The smallest absolute Gasteiger partial charge is 0.145 e. The molecule has 2 aromatic heterocycles. The lowest BCUT2D eigenvalue weighted by atomic mass is 10.0. The molecule has 0 saturated carbocycles. The van der Waals surface area contributed by atoms with Gasteiger partial charge in [-0.2, -0.15) is 0 Å². The van der Waals surface area contributed by atoms with Gasteiger partial charge >= 0.3 is 0 Å². The molecule has 0 aliphatic carbocycles.